The SMILES string of the molecule is COc1ccc(N)c(Nc2c(C)cccc2Cl)c1. The molecule has 3 N–H and O–H groups in total. The summed E-state index contributed by atoms with van der Waals surface area (Å²) in [5, 5.41) is 3.91. The van der Waals surface area contributed by atoms with Crippen molar-refractivity contribution < 1.29 is 4.74 Å². The summed E-state index contributed by atoms with van der Waals surface area (Å²) in [6.45, 7) is 1.99. The number of aryl methyl sites for hydroxylation is 1. The Morgan fingerprint density at radius 1 is 1.22 bits per heavy atom. The molecule has 4 heteroatoms. The first kappa shape index (κ1) is 12.6. The number of ether oxygens (including phenoxy) is 1. The summed E-state index contributed by atoms with van der Waals surface area (Å²) in [6.07, 6.45) is 0. The molecule has 0 bridgehead atoms. The molecular formula is C14H15ClN2O. The van der Waals surface area contributed by atoms with Gasteiger partial charge in [-0.05, 0) is 30.7 Å². The molecule has 0 heterocycles. The Labute approximate surface area is 112 Å². The number of nitrogens with two attached hydrogens (primary N) is 1. The van der Waals surface area contributed by atoms with E-state index in [0.717, 1.165) is 22.7 Å². The van der Waals surface area contributed by atoms with Gasteiger partial charge in [-0.1, -0.05) is 23.7 Å². The minimum absolute atomic E-state index is 0.648. The molecule has 0 fully saturated rings. The van der Waals surface area contributed by atoms with Crippen LogP contribution in [0.5, 0.6) is 5.75 Å². The van der Waals surface area contributed by atoms with Crippen LogP contribution in [0.1, 0.15) is 5.56 Å². The lowest BCUT2D eigenvalue weighted by Crippen LogP contribution is -1.99. The van der Waals surface area contributed by atoms with E-state index in [9.17, 15) is 0 Å². The predicted molar refractivity (Wildman–Crippen MR) is 76.9 cm³/mol. The van der Waals surface area contributed by atoms with E-state index in [4.69, 9.17) is 22.1 Å². The maximum Gasteiger partial charge on any atom is 0.121 e. The molecule has 0 atom stereocenters. The third-order valence-corrected chi connectivity index (χ3v) is 3.06. The van der Waals surface area contributed by atoms with Gasteiger partial charge in [0.2, 0.25) is 0 Å². The van der Waals surface area contributed by atoms with Gasteiger partial charge in [-0.3, -0.25) is 0 Å². The predicted octanol–water partition coefficient (Wildman–Crippen LogP) is 3.98. The molecule has 0 aliphatic carbocycles. The number of hydrogen-bond donors (Lipinski definition) is 2. The molecule has 0 saturated heterocycles. The number of rotatable bonds is 3. The lowest BCUT2D eigenvalue weighted by molar-refractivity contribution is 0.415. The largest absolute Gasteiger partial charge is 0.497 e. The number of hydrogen-bond acceptors (Lipinski definition) is 3. The average molecular weight is 263 g/mol. The van der Waals surface area contributed by atoms with Crippen molar-refractivity contribution in [1.82, 2.24) is 0 Å². The van der Waals surface area contributed by atoms with Crippen molar-refractivity contribution in [2.24, 2.45) is 0 Å². The standard InChI is InChI=1S/C14H15ClN2O/c1-9-4-3-5-11(15)14(9)17-13-8-10(18-2)6-7-12(13)16/h3-8,17H,16H2,1-2H3. The van der Waals surface area contributed by atoms with Crippen LogP contribution in [-0.2, 0) is 0 Å². The van der Waals surface area contributed by atoms with Crippen molar-refractivity contribution in [2.75, 3.05) is 18.2 Å². The summed E-state index contributed by atoms with van der Waals surface area (Å²) in [7, 11) is 1.62. The highest BCUT2D eigenvalue weighted by Crippen LogP contribution is 2.32. The highest BCUT2D eigenvalue weighted by Gasteiger charge is 2.07. The normalized spacial score (nSPS) is 10.2. The maximum absolute atomic E-state index is 6.17. The van der Waals surface area contributed by atoms with Crippen molar-refractivity contribution in [3.8, 4) is 5.75 Å². The second kappa shape index (κ2) is 5.19. The number of benzene rings is 2. The van der Waals surface area contributed by atoms with E-state index in [1.165, 1.54) is 0 Å². The van der Waals surface area contributed by atoms with Gasteiger partial charge < -0.3 is 15.8 Å². The van der Waals surface area contributed by atoms with E-state index in [2.05, 4.69) is 5.32 Å². The number of halogens is 1. The zero-order valence-corrected chi connectivity index (χ0v) is 11.1. The second-order valence-corrected chi connectivity index (χ2v) is 4.42. The highest BCUT2D eigenvalue weighted by molar-refractivity contribution is 6.33. The van der Waals surface area contributed by atoms with Crippen molar-refractivity contribution in [3.05, 3.63) is 47.0 Å². The fourth-order valence-electron chi connectivity index (χ4n) is 1.70. The van der Waals surface area contributed by atoms with Gasteiger partial charge in [-0.15, -0.1) is 0 Å². The average Bonchev–Trinajstić information content (AvgIpc) is 2.36. The third kappa shape index (κ3) is 2.51. The zero-order valence-electron chi connectivity index (χ0n) is 10.3. The Bertz CT molecular complexity index is 549. The van der Waals surface area contributed by atoms with E-state index >= 15 is 0 Å². The molecule has 0 aliphatic heterocycles. The first-order valence-corrected chi connectivity index (χ1v) is 5.95. The molecular weight excluding hydrogens is 248 g/mol. The smallest absolute Gasteiger partial charge is 0.121 e. The summed E-state index contributed by atoms with van der Waals surface area (Å²) in [5.74, 6) is 0.747. The van der Waals surface area contributed by atoms with Gasteiger partial charge in [0.05, 0.1) is 29.2 Å². The molecule has 3 nitrogen and oxygen atoms in total. The molecule has 18 heavy (non-hydrogen) atoms. The van der Waals surface area contributed by atoms with Crippen molar-refractivity contribution in [1.29, 1.82) is 0 Å². The fourth-order valence-corrected chi connectivity index (χ4v) is 1.96. The van der Waals surface area contributed by atoms with Gasteiger partial charge in [0, 0.05) is 6.07 Å². The Kier molecular flexibility index (Phi) is 3.63. The number of anilines is 3. The topological polar surface area (TPSA) is 47.3 Å². The van der Waals surface area contributed by atoms with Crippen LogP contribution in [0.15, 0.2) is 36.4 Å². The number of nitrogens with one attached hydrogen (secondary N) is 1. The molecule has 0 spiro atoms. The Hall–Kier alpha value is -1.87. The van der Waals surface area contributed by atoms with Crippen LogP contribution >= 0.6 is 11.6 Å². The van der Waals surface area contributed by atoms with E-state index < -0.39 is 0 Å². The second-order valence-electron chi connectivity index (χ2n) is 4.01. The van der Waals surface area contributed by atoms with Gasteiger partial charge >= 0.3 is 0 Å². The van der Waals surface area contributed by atoms with Crippen LogP contribution < -0.4 is 15.8 Å². The summed E-state index contributed by atoms with van der Waals surface area (Å²) in [6, 6.07) is 11.2. The van der Waals surface area contributed by atoms with Crippen LogP contribution in [-0.4, -0.2) is 7.11 Å². The van der Waals surface area contributed by atoms with E-state index in [1.54, 1.807) is 13.2 Å². The fraction of sp³-hybridized carbons (Fsp3) is 0.143. The lowest BCUT2D eigenvalue weighted by atomic mass is 10.2. The molecule has 0 aliphatic rings. The monoisotopic (exact) mass is 262 g/mol. The van der Waals surface area contributed by atoms with Crippen molar-refractivity contribution in [3.63, 3.8) is 0 Å². The van der Waals surface area contributed by atoms with E-state index in [-0.39, 0.29) is 0 Å². The quantitative estimate of drug-likeness (QED) is 0.823. The Balaban J connectivity index is 2.39. The molecule has 0 saturated carbocycles. The van der Waals surface area contributed by atoms with E-state index in [0.29, 0.717) is 10.7 Å². The van der Waals surface area contributed by atoms with Crippen molar-refractivity contribution >= 4 is 28.7 Å². The van der Waals surface area contributed by atoms with Crippen LogP contribution in [0.4, 0.5) is 17.1 Å². The molecule has 0 radical (unpaired) electrons. The molecule has 2 rings (SSSR count). The molecule has 0 aromatic heterocycles. The minimum Gasteiger partial charge on any atom is -0.497 e. The first-order chi connectivity index (χ1) is 8.61. The van der Waals surface area contributed by atoms with Gasteiger partial charge in [-0.2, -0.15) is 0 Å². The van der Waals surface area contributed by atoms with Crippen LogP contribution in [0.3, 0.4) is 0 Å². The maximum atomic E-state index is 6.17. The van der Waals surface area contributed by atoms with Gasteiger partial charge in [0.15, 0.2) is 0 Å². The summed E-state index contributed by atoms with van der Waals surface area (Å²) < 4.78 is 5.18. The summed E-state index contributed by atoms with van der Waals surface area (Å²) in [5.41, 5.74) is 9.28. The van der Waals surface area contributed by atoms with Gasteiger partial charge in [0.25, 0.3) is 0 Å². The number of nitrogen functional groups attached to an aromatic ring is 1. The molecule has 94 valence electrons. The number of para-hydroxylation sites is 1. The van der Waals surface area contributed by atoms with Crippen molar-refractivity contribution in [2.45, 2.75) is 6.92 Å². The Morgan fingerprint density at radius 3 is 2.67 bits per heavy atom. The summed E-state index contributed by atoms with van der Waals surface area (Å²) in [4.78, 5) is 0. The number of methoxy groups -OCH3 is 1. The van der Waals surface area contributed by atoms with Gasteiger partial charge in [0.1, 0.15) is 5.75 Å². The third-order valence-electron chi connectivity index (χ3n) is 2.74. The molecule has 2 aromatic carbocycles. The molecule has 2 aromatic rings. The van der Waals surface area contributed by atoms with Gasteiger partial charge in [-0.25, -0.2) is 0 Å². The zero-order chi connectivity index (χ0) is 13.1. The van der Waals surface area contributed by atoms with Crippen LogP contribution in [0, 0.1) is 6.92 Å². The lowest BCUT2D eigenvalue weighted by Gasteiger charge is -2.14. The van der Waals surface area contributed by atoms with E-state index in [1.807, 2.05) is 37.3 Å². The molecule has 0 amide bonds. The Morgan fingerprint density at radius 2 is 2.00 bits per heavy atom. The highest BCUT2D eigenvalue weighted by atomic mass is 35.5. The summed E-state index contributed by atoms with van der Waals surface area (Å²) >= 11 is 6.17. The van der Waals surface area contributed by atoms with Crippen LogP contribution in [0.25, 0.3) is 0 Å². The minimum atomic E-state index is 0.648. The first-order valence-electron chi connectivity index (χ1n) is 5.57. The molecule has 0 unspecified atom stereocenters. The van der Waals surface area contributed by atoms with Crippen LogP contribution in [0.2, 0.25) is 5.02 Å².